The zero-order valence-electron chi connectivity index (χ0n) is 19.2. The summed E-state index contributed by atoms with van der Waals surface area (Å²) in [5, 5.41) is 20.9. The molecule has 0 bridgehead atoms. The molecule has 1 atom stereocenters. The van der Waals surface area contributed by atoms with Gasteiger partial charge in [0.2, 0.25) is 5.88 Å². The highest BCUT2D eigenvalue weighted by molar-refractivity contribution is 5.54. The molecule has 1 aromatic carbocycles. The van der Waals surface area contributed by atoms with Crippen molar-refractivity contribution in [2.45, 2.75) is 25.8 Å². The smallest absolute Gasteiger partial charge is 0.433 e. The van der Waals surface area contributed by atoms with Gasteiger partial charge in [-0.05, 0) is 37.1 Å². The van der Waals surface area contributed by atoms with Crippen molar-refractivity contribution in [3.8, 4) is 23.3 Å². The third kappa shape index (κ3) is 4.17. The molecule has 0 amide bonds. The third-order valence-electron chi connectivity index (χ3n) is 5.84. The predicted octanol–water partition coefficient (Wildman–Crippen LogP) is 3.14. The van der Waals surface area contributed by atoms with E-state index < -0.39 is 22.3 Å². The highest BCUT2D eigenvalue weighted by atomic mass is 16.6. The molecular weight excluding hydrogens is 456 g/mol. The molecule has 1 aliphatic heterocycles. The molecule has 0 spiro atoms. The minimum Gasteiger partial charge on any atom is -0.493 e. The number of aryl methyl sites for hydroxylation is 2. The van der Waals surface area contributed by atoms with E-state index in [0.717, 1.165) is 5.56 Å². The molecule has 0 saturated carbocycles. The Kier molecular flexibility index (Phi) is 6.20. The van der Waals surface area contributed by atoms with Gasteiger partial charge in [0.15, 0.2) is 11.5 Å². The van der Waals surface area contributed by atoms with Gasteiger partial charge in [0.05, 0.1) is 31.8 Å². The Morgan fingerprint density at radius 2 is 1.94 bits per heavy atom. The highest BCUT2D eigenvalue weighted by Crippen LogP contribution is 2.41. The molecule has 180 valence electrons. The maximum absolute atomic E-state index is 13.7. The Balaban J connectivity index is 1.77. The van der Waals surface area contributed by atoms with Gasteiger partial charge in [-0.25, -0.2) is 0 Å². The number of methoxy groups -OCH3 is 2. The summed E-state index contributed by atoms with van der Waals surface area (Å²) in [5.74, 6) is -0.344. The second-order valence-corrected chi connectivity index (χ2v) is 7.82. The number of benzene rings is 1. The van der Waals surface area contributed by atoms with Gasteiger partial charge in [-0.1, -0.05) is 6.07 Å². The molecule has 4 rings (SSSR count). The van der Waals surface area contributed by atoms with E-state index in [-0.39, 0.29) is 28.5 Å². The maximum Gasteiger partial charge on any atom is 0.433 e. The van der Waals surface area contributed by atoms with Crippen LogP contribution in [0.1, 0.15) is 28.5 Å². The number of furan rings is 1. The average Bonchev–Trinajstić information content (AvgIpc) is 3.33. The molecule has 0 fully saturated rings. The zero-order valence-corrected chi connectivity index (χ0v) is 19.2. The number of nitrogens with zero attached hydrogens (tertiary/aromatic N) is 3. The van der Waals surface area contributed by atoms with Gasteiger partial charge in [-0.15, -0.1) is 0 Å². The number of hydrogen-bond donors (Lipinski definition) is 1. The number of rotatable bonds is 7. The van der Waals surface area contributed by atoms with Crippen molar-refractivity contribution in [2.75, 3.05) is 14.2 Å². The summed E-state index contributed by atoms with van der Waals surface area (Å²) in [6, 6.07) is 11.6. The first-order valence-electron chi connectivity index (χ1n) is 10.6. The van der Waals surface area contributed by atoms with Gasteiger partial charge < -0.3 is 28.9 Å². The van der Waals surface area contributed by atoms with E-state index >= 15 is 0 Å². The van der Waals surface area contributed by atoms with Crippen LogP contribution >= 0.6 is 0 Å². The van der Waals surface area contributed by atoms with Crippen LogP contribution in [0, 0.1) is 28.4 Å². The van der Waals surface area contributed by atoms with Crippen molar-refractivity contribution < 1.29 is 23.6 Å². The average molecular weight is 478 g/mol. The number of fused-ring (bicyclic) bond motifs is 1. The van der Waals surface area contributed by atoms with Crippen molar-refractivity contribution in [2.24, 2.45) is 5.73 Å². The van der Waals surface area contributed by atoms with Gasteiger partial charge in [0.25, 0.3) is 5.56 Å². The highest BCUT2D eigenvalue weighted by Gasteiger charge is 2.37. The fourth-order valence-electron chi connectivity index (χ4n) is 4.12. The van der Waals surface area contributed by atoms with E-state index in [4.69, 9.17) is 24.4 Å². The predicted molar refractivity (Wildman–Crippen MR) is 123 cm³/mol. The number of nitro groups is 1. The van der Waals surface area contributed by atoms with Crippen molar-refractivity contribution in [1.82, 2.24) is 4.57 Å². The Hall–Kier alpha value is -4.72. The van der Waals surface area contributed by atoms with Crippen LogP contribution in [-0.2, 0) is 13.0 Å². The second kappa shape index (κ2) is 9.26. The molecule has 2 aromatic heterocycles. The Morgan fingerprint density at radius 1 is 1.20 bits per heavy atom. The monoisotopic (exact) mass is 478 g/mol. The molecule has 0 aliphatic carbocycles. The quantitative estimate of drug-likeness (QED) is 0.398. The lowest BCUT2D eigenvalue weighted by Gasteiger charge is -2.25. The third-order valence-corrected chi connectivity index (χ3v) is 5.84. The van der Waals surface area contributed by atoms with Crippen molar-refractivity contribution in [1.29, 1.82) is 5.26 Å². The first-order valence-corrected chi connectivity index (χ1v) is 10.6. The minimum absolute atomic E-state index is 0.0492. The lowest BCUT2D eigenvalue weighted by molar-refractivity contribution is -0.402. The lowest BCUT2D eigenvalue weighted by atomic mass is 9.88. The minimum atomic E-state index is -1.04. The second-order valence-electron chi connectivity index (χ2n) is 7.82. The summed E-state index contributed by atoms with van der Waals surface area (Å²) < 4.78 is 23.1. The number of allylic oxidation sites excluding steroid dienone is 1. The Bertz CT molecular complexity index is 1450. The first kappa shape index (κ1) is 23.4. The van der Waals surface area contributed by atoms with E-state index in [9.17, 15) is 20.2 Å². The summed E-state index contributed by atoms with van der Waals surface area (Å²) in [6.07, 6.45) is 0.501. The van der Waals surface area contributed by atoms with Crippen LogP contribution in [0.2, 0.25) is 0 Å². The van der Waals surface area contributed by atoms with E-state index in [1.54, 1.807) is 37.8 Å². The molecule has 3 heterocycles. The summed E-state index contributed by atoms with van der Waals surface area (Å²) in [6.45, 7) is 2.08. The van der Waals surface area contributed by atoms with Crippen LogP contribution in [0.5, 0.6) is 17.2 Å². The molecule has 1 unspecified atom stereocenters. The summed E-state index contributed by atoms with van der Waals surface area (Å²) in [4.78, 5) is 24.1. The standard InChI is InChI=1S/C24H22N4O7/c1-13-10-19-22(21(15(12-25)23(26)35-19)17-6-7-20(34-17)28(30)31)24(29)27(13)9-8-14-4-5-16(32-2)18(11-14)33-3/h4-7,10-11,21H,8-9,26H2,1-3H3. The van der Waals surface area contributed by atoms with E-state index in [1.165, 1.54) is 12.1 Å². The molecule has 1 aliphatic rings. The fourth-order valence-corrected chi connectivity index (χ4v) is 4.12. The van der Waals surface area contributed by atoms with Crippen molar-refractivity contribution in [3.63, 3.8) is 0 Å². The summed E-state index contributed by atoms with van der Waals surface area (Å²) in [7, 11) is 3.10. The van der Waals surface area contributed by atoms with Gasteiger partial charge >= 0.3 is 5.88 Å². The number of pyridine rings is 1. The molecule has 0 saturated heterocycles. The van der Waals surface area contributed by atoms with Crippen molar-refractivity contribution in [3.05, 3.63) is 90.9 Å². The van der Waals surface area contributed by atoms with E-state index in [0.29, 0.717) is 30.2 Å². The van der Waals surface area contributed by atoms with E-state index in [2.05, 4.69) is 0 Å². The van der Waals surface area contributed by atoms with Crippen LogP contribution < -0.4 is 25.5 Å². The molecular formula is C24H22N4O7. The Labute approximate surface area is 199 Å². The molecule has 3 aromatic rings. The van der Waals surface area contributed by atoms with Gasteiger partial charge in [-0.3, -0.25) is 14.9 Å². The van der Waals surface area contributed by atoms with Crippen LogP contribution in [0.25, 0.3) is 0 Å². The number of aromatic nitrogens is 1. The number of ether oxygens (including phenoxy) is 3. The topological polar surface area (TPSA) is 156 Å². The van der Waals surface area contributed by atoms with Gasteiger partial charge in [0.1, 0.15) is 28.1 Å². The number of nitriles is 1. The number of nitrogens with two attached hydrogens (primary N) is 1. The molecule has 2 N–H and O–H groups in total. The summed E-state index contributed by atoms with van der Waals surface area (Å²) in [5.41, 5.74) is 7.14. The lowest BCUT2D eigenvalue weighted by Crippen LogP contribution is -2.33. The van der Waals surface area contributed by atoms with Gasteiger partial charge in [-0.2, -0.15) is 5.26 Å². The molecule has 11 heteroatoms. The zero-order chi connectivity index (χ0) is 25.3. The Morgan fingerprint density at radius 3 is 2.57 bits per heavy atom. The maximum atomic E-state index is 13.7. The van der Waals surface area contributed by atoms with Crippen LogP contribution in [-0.4, -0.2) is 23.7 Å². The molecule has 11 nitrogen and oxygen atoms in total. The first-order chi connectivity index (χ1) is 16.8. The SMILES string of the molecule is COc1ccc(CCn2c(C)cc3c(c2=O)C(c2ccc([N+](=O)[O-])o2)C(C#N)=C(N)O3)cc1OC. The molecule has 0 radical (unpaired) electrons. The van der Waals surface area contributed by atoms with Crippen molar-refractivity contribution >= 4 is 5.88 Å². The summed E-state index contributed by atoms with van der Waals surface area (Å²) >= 11 is 0. The normalized spacial score (nSPS) is 14.6. The largest absolute Gasteiger partial charge is 0.493 e. The van der Waals surface area contributed by atoms with Crippen LogP contribution in [0.3, 0.4) is 0 Å². The number of hydrogen-bond acceptors (Lipinski definition) is 9. The molecule has 35 heavy (non-hydrogen) atoms. The van der Waals surface area contributed by atoms with Crippen LogP contribution in [0.15, 0.2) is 57.1 Å². The van der Waals surface area contributed by atoms with Crippen LogP contribution in [0.4, 0.5) is 5.88 Å². The fraction of sp³-hybridized carbons (Fsp3) is 0.250. The van der Waals surface area contributed by atoms with Gasteiger partial charge in [0, 0.05) is 18.3 Å². The van der Waals surface area contributed by atoms with E-state index in [1.807, 2.05) is 18.2 Å².